The van der Waals surface area contributed by atoms with Crippen molar-refractivity contribution in [2.75, 3.05) is 5.32 Å². The van der Waals surface area contributed by atoms with Crippen molar-refractivity contribution in [2.45, 2.75) is 6.04 Å². The van der Waals surface area contributed by atoms with Gasteiger partial charge < -0.3 is 10.6 Å². The monoisotopic (exact) mass is 344 g/mol. The van der Waals surface area contributed by atoms with Crippen LogP contribution in [-0.2, 0) is 0 Å². The number of amides is 2. The third-order valence-corrected chi connectivity index (χ3v) is 4.37. The second-order valence-corrected chi connectivity index (χ2v) is 6.06. The zero-order valence-electron chi connectivity index (χ0n) is 12.5. The summed E-state index contributed by atoms with van der Waals surface area (Å²) in [6.07, 6.45) is 0. The fourth-order valence-electron chi connectivity index (χ4n) is 2.28. The number of anilines is 1. The topological polar surface area (TPSA) is 41.1 Å². The third kappa shape index (κ3) is 3.78. The number of benzene rings is 2. The normalized spacial score (nSPS) is 11.8. The first-order valence-corrected chi connectivity index (χ1v) is 8.12. The molecule has 0 radical (unpaired) electrons. The molecule has 3 aromatic rings. The van der Waals surface area contributed by atoms with Crippen molar-refractivity contribution >= 4 is 23.1 Å². The zero-order chi connectivity index (χ0) is 16.9. The smallest absolute Gasteiger partial charge is 0.320 e. The number of hydrogen-bond donors (Lipinski definition) is 2. The molecule has 0 saturated carbocycles. The number of rotatable bonds is 4. The molecule has 122 valence electrons. The van der Waals surface area contributed by atoms with Crippen LogP contribution >= 0.6 is 11.3 Å². The van der Waals surface area contributed by atoms with Crippen LogP contribution in [0.1, 0.15) is 16.5 Å². The number of nitrogens with one attached hydrogen (secondary N) is 2. The lowest BCUT2D eigenvalue weighted by molar-refractivity contribution is 0.250. The van der Waals surface area contributed by atoms with E-state index in [2.05, 4.69) is 10.6 Å². The number of thiophene rings is 1. The average molecular weight is 344 g/mol. The minimum absolute atomic E-state index is 0.0963. The Hall–Kier alpha value is -2.73. The first-order valence-electron chi connectivity index (χ1n) is 7.24. The fourth-order valence-corrected chi connectivity index (χ4v) is 3.08. The molecule has 6 heteroatoms. The molecular formula is C18H14F2N2OS. The summed E-state index contributed by atoms with van der Waals surface area (Å²) in [4.78, 5) is 13.1. The van der Waals surface area contributed by atoms with Gasteiger partial charge in [0.1, 0.15) is 11.6 Å². The summed E-state index contributed by atoms with van der Waals surface area (Å²) in [7, 11) is 0. The maximum Gasteiger partial charge on any atom is 0.320 e. The number of para-hydroxylation sites is 1. The Morgan fingerprint density at radius 3 is 2.38 bits per heavy atom. The molecule has 0 aliphatic heterocycles. The lowest BCUT2D eigenvalue weighted by Crippen LogP contribution is -2.33. The van der Waals surface area contributed by atoms with Crippen LogP contribution in [0.2, 0.25) is 0 Å². The van der Waals surface area contributed by atoms with Crippen molar-refractivity contribution in [1.82, 2.24) is 5.32 Å². The van der Waals surface area contributed by atoms with E-state index >= 15 is 0 Å². The molecule has 2 N–H and O–H groups in total. The van der Waals surface area contributed by atoms with Gasteiger partial charge in [-0.2, -0.15) is 0 Å². The maximum absolute atomic E-state index is 13.6. The van der Waals surface area contributed by atoms with Gasteiger partial charge in [-0.25, -0.2) is 13.6 Å². The van der Waals surface area contributed by atoms with Gasteiger partial charge in [0.2, 0.25) is 0 Å². The molecule has 1 unspecified atom stereocenters. The van der Waals surface area contributed by atoms with Crippen LogP contribution < -0.4 is 10.6 Å². The maximum atomic E-state index is 13.6. The molecule has 0 fully saturated rings. The molecule has 1 atom stereocenters. The van der Waals surface area contributed by atoms with Crippen molar-refractivity contribution in [3.05, 3.63) is 88.1 Å². The Bertz CT molecular complexity index is 819. The van der Waals surface area contributed by atoms with E-state index in [9.17, 15) is 13.6 Å². The lowest BCUT2D eigenvalue weighted by Gasteiger charge is -2.18. The van der Waals surface area contributed by atoms with Gasteiger partial charge in [0.15, 0.2) is 0 Å². The first kappa shape index (κ1) is 16.1. The van der Waals surface area contributed by atoms with E-state index in [0.29, 0.717) is 0 Å². The highest BCUT2D eigenvalue weighted by Crippen LogP contribution is 2.26. The van der Waals surface area contributed by atoms with Crippen molar-refractivity contribution in [2.24, 2.45) is 0 Å². The number of halogens is 2. The summed E-state index contributed by atoms with van der Waals surface area (Å²) >= 11 is 1.47. The first-order chi connectivity index (χ1) is 11.6. The van der Waals surface area contributed by atoms with Gasteiger partial charge in [0, 0.05) is 4.88 Å². The highest BCUT2D eigenvalue weighted by atomic mass is 32.1. The van der Waals surface area contributed by atoms with Crippen molar-refractivity contribution < 1.29 is 13.6 Å². The molecule has 3 nitrogen and oxygen atoms in total. The lowest BCUT2D eigenvalue weighted by atomic mass is 10.1. The Morgan fingerprint density at radius 2 is 1.71 bits per heavy atom. The standard InChI is InChI=1S/C18H14F2N2OS/c19-13-9-7-12(8-10-13)17(16-6-3-11-24-16)22-18(23)21-15-5-2-1-4-14(15)20/h1-11,17H,(H2,21,22,23). The van der Waals surface area contributed by atoms with Gasteiger partial charge in [-0.3, -0.25) is 0 Å². The fraction of sp³-hybridized carbons (Fsp3) is 0.0556. The van der Waals surface area contributed by atoms with Gasteiger partial charge in [-0.15, -0.1) is 11.3 Å². The van der Waals surface area contributed by atoms with Crippen LogP contribution in [0.25, 0.3) is 0 Å². The number of carbonyl (C=O) groups is 1. The minimum Gasteiger partial charge on any atom is -0.326 e. The molecule has 0 saturated heterocycles. The largest absolute Gasteiger partial charge is 0.326 e. The molecule has 0 spiro atoms. The minimum atomic E-state index is -0.539. The Balaban J connectivity index is 1.81. The number of urea groups is 1. The Morgan fingerprint density at radius 1 is 0.958 bits per heavy atom. The predicted octanol–water partition coefficient (Wildman–Crippen LogP) is 4.94. The molecule has 24 heavy (non-hydrogen) atoms. The number of hydrogen-bond acceptors (Lipinski definition) is 2. The Kier molecular flexibility index (Phi) is 4.86. The van der Waals surface area contributed by atoms with Crippen molar-refractivity contribution in [3.8, 4) is 0 Å². The van der Waals surface area contributed by atoms with Crippen LogP contribution in [0, 0.1) is 11.6 Å². The van der Waals surface area contributed by atoms with E-state index in [4.69, 9.17) is 0 Å². The molecule has 1 aromatic heterocycles. The van der Waals surface area contributed by atoms with E-state index in [-0.39, 0.29) is 11.5 Å². The van der Waals surface area contributed by atoms with Gasteiger partial charge >= 0.3 is 6.03 Å². The van der Waals surface area contributed by atoms with E-state index in [1.54, 1.807) is 24.3 Å². The van der Waals surface area contributed by atoms with Gasteiger partial charge in [0.25, 0.3) is 0 Å². The van der Waals surface area contributed by atoms with E-state index in [1.165, 1.54) is 35.6 Å². The molecule has 1 heterocycles. The quantitative estimate of drug-likeness (QED) is 0.692. The number of carbonyl (C=O) groups excluding carboxylic acids is 1. The van der Waals surface area contributed by atoms with E-state index in [1.807, 2.05) is 17.5 Å². The van der Waals surface area contributed by atoms with Crippen LogP contribution in [0.15, 0.2) is 66.0 Å². The molecule has 3 rings (SSSR count). The third-order valence-electron chi connectivity index (χ3n) is 3.43. The van der Waals surface area contributed by atoms with E-state index in [0.717, 1.165) is 10.4 Å². The van der Waals surface area contributed by atoms with Gasteiger partial charge in [-0.1, -0.05) is 30.3 Å². The molecule has 0 aliphatic rings. The highest BCUT2D eigenvalue weighted by molar-refractivity contribution is 7.10. The van der Waals surface area contributed by atoms with Gasteiger partial charge in [0.05, 0.1) is 11.7 Å². The molecule has 2 aromatic carbocycles. The second-order valence-electron chi connectivity index (χ2n) is 5.08. The molecule has 2 amide bonds. The zero-order valence-corrected chi connectivity index (χ0v) is 13.3. The Labute approximate surface area is 142 Å². The van der Waals surface area contributed by atoms with Crippen LogP contribution in [0.3, 0.4) is 0 Å². The van der Waals surface area contributed by atoms with Crippen LogP contribution in [0.4, 0.5) is 19.3 Å². The summed E-state index contributed by atoms with van der Waals surface area (Å²) in [5.41, 5.74) is 0.835. The van der Waals surface area contributed by atoms with Gasteiger partial charge in [-0.05, 0) is 41.3 Å². The van der Waals surface area contributed by atoms with Crippen LogP contribution in [0.5, 0.6) is 0 Å². The summed E-state index contributed by atoms with van der Waals surface area (Å²) < 4.78 is 26.8. The average Bonchev–Trinajstić information content (AvgIpc) is 3.10. The summed E-state index contributed by atoms with van der Waals surface area (Å²) in [6.45, 7) is 0. The second kappa shape index (κ2) is 7.23. The van der Waals surface area contributed by atoms with Crippen molar-refractivity contribution in [3.63, 3.8) is 0 Å². The SMILES string of the molecule is O=C(Nc1ccccc1F)NC(c1ccc(F)cc1)c1cccs1. The van der Waals surface area contributed by atoms with Crippen molar-refractivity contribution in [1.29, 1.82) is 0 Å². The van der Waals surface area contributed by atoms with Crippen LogP contribution in [-0.4, -0.2) is 6.03 Å². The summed E-state index contributed by atoms with van der Waals surface area (Å²) in [5.74, 6) is -0.860. The summed E-state index contributed by atoms with van der Waals surface area (Å²) in [5, 5.41) is 7.18. The molecular weight excluding hydrogens is 330 g/mol. The molecule has 0 aliphatic carbocycles. The van der Waals surface area contributed by atoms with E-state index < -0.39 is 17.9 Å². The molecule has 0 bridgehead atoms. The summed E-state index contributed by atoms with van der Waals surface area (Å²) in [6, 6.07) is 14.6. The highest BCUT2D eigenvalue weighted by Gasteiger charge is 2.18. The predicted molar refractivity (Wildman–Crippen MR) is 91.1 cm³/mol.